The fraction of sp³-hybridized carbons (Fsp3) is 0.538. The van der Waals surface area contributed by atoms with Crippen molar-refractivity contribution in [1.82, 2.24) is 10.3 Å². The number of thioether (sulfide) groups is 1. The lowest BCUT2D eigenvalue weighted by atomic mass is 10.2. The summed E-state index contributed by atoms with van der Waals surface area (Å²) in [6.45, 7) is 1.80. The second-order valence-corrected chi connectivity index (χ2v) is 5.76. The predicted molar refractivity (Wildman–Crippen MR) is 74.2 cm³/mol. The molecule has 1 aromatic rings. The molecule has 2 unspecified atom stereocenters. The molecule has 0 spiro atoms. The third-order valence-corrected chi connectivity index (χ3v) is 4.54. The topological polar surface area (TPSA) is 62.0 Å². The van der Waals surface area contributed by atoms with Crippen molar-refractivity contribution in [1.29, 1.82) is 0 Å². The Morgan fingerprint density at radius 3 is 2.94 bits per heavy atom. The van der Waals surface area contributed by atoms with E-state index in [1.165, 1.54) is 12.3 Å². The zero-order chi connectivity index (χ0) is 13.1. The van der Waals surface area contributed by atoms with Gasteiger partial charge in [0.1, 0.15) is 5.56 Å². The fourth-order valence-corrected chi connectivity index (χ4v) is 3.31. The molecule has 2 rings (SSSR count). The molecule has 4 nitrogen and oxygen atoms in total. The number of amides is 1. The van der Waals surface area contributed by atoms with Crippen LogP contribution >= 0.6 is 11.8 Å². The minimum atomic E-state index is -0.262. The maximum Gasteiger partial charge on any atom is 0.256 e. The quantitative estimate of drug-likeness (QED) is 0.875. The van der Waals surface area contributed by atoms with Gasteiger partial charge in [0.2, 0.25) is 0 Å². The Morgan fingerprint density at radius 2 is 2.28 bits per heavy atom. The van der Waals surface area contributed by atoms with Crippen LogP contribution in [-0.4, -0.2) is 28.4 Å². The molecule has 0 radical (unpaired) electrons. The Kier molecular flexibility index (Phi) is 4.11. The number of carbonyl (C=O) groups is 1. The molecule has 5 heteroatoms. The van der Waals surface area contributed by atoms with Crippen LogP contribution in [0.1, 0.15) is 35.3 Å². The third kappa shape index (κ3) is 2.77. The molecule has 1 aromatic heterocycles. The second kappa shape index (κ2) is 5.61. The molecular formula is C13H18N2O2S. The first-order chi connectivity index (χ1) is 8.61. The van der Waals surface area contributed by atoms with Crippen molar-refractivity contribution in [2.24, 2.45) is 0 Å². The number of nitrogens with one attached hydrogen (secondary N) is 2. The Bertz CT molecular complexity index is 498. The Labute approximate surface area is 111 Å². The molecule has 1 fully saturated rings. The SMILES string of the molecule is CSC1CCCC1NC(=O)c1c[nH]c(C)cc1=O. The lowest BCUT2D eigenvalue weighted by Gasteiger charge is -2.18. The van der Waals surface area contributed by atoms with E-state index < -0.39 is 0 Å². The van der Waals surface area contributed by atoms with Crippen LogP contribution in [0.3, 0.4) is 0 Å². The van der Waals surface area contributed by atoms with Gasteiger partial charge in [-0.2, -0.15) is 11.8 Å². The van der Waals surface area contributed by atoms with Crippen molar-refractivity contribution in [2.75, 3.05) is 6.26 Å². The summed E-state index contributed by atoms with van der Waals surface area (Å²) in [5.74, 6) is -0.262. The smallest absolute Gasteiger partial charge is 0.256 e. The van der Waals surface area contributed by atoms with Gasteiger partial charge in [-0.05, 0) is 26.0 Å². The molecule has 2 atom stereocenters. The van der Waals surface area contributed by atoms with Gasteiger partial charge >= 0.3 is 0 Å². The molecule has 18 heavy (non-hydrogen) atoms. The number of hydrogen-bond donors (Lipinski definition) is 2. The summed E-state index contributed by atoms with van der Waals surface area (Å²) < 4.78 is 0. The lowest BCUT2D eigenvalue weighted by Crippen LogP contribution is -2.40. The van der Waals surface area contributed by atoms with Crippen LogP contribution in [0, 0.1) is 6.92 Å². The maximum absolute atomic E-state index is 12.1. The Morgan fingerprint density at radius 1 is 1.50 bits per heavy atom. The highest BCUT2D eigenvalue weighted by Gasteiger charge is 2.28. The number of pyridine rings is 1. The minimum absolute atomic E-state index is 0.188. The van der Waals surface area contributed by atoms with Gasteiger partial charge in [0.15, 0.2) is 5.43 Å². The minimum Gasteiger partial charge on any atom is -0.364 e. The van der Waals surface area contributed by atoms with Gasteiger partial charge in [-0.1, -0.05) is 6.42 Å². The number of hydrogen-bond acceptors (Lipinski definition) is 3. The number of aromatic amines is 1. The van der Waals surface area contributed by atoms with Crippen LogP contribution in [0.4, 0.5) is 0 Å². The number of carbonyl (C=O) groups excluding carboxylic acids is 1. The molecule has 1 amide bonds. The summed E-state index contributed by atoms with van der Waals surface area (Å²) in [4.78, 5) is 26.7. The molecular weight excluding hydrogens is 248 g/mol. The number of H-pyrrole nitrogens is 1. The van der Waals surface area contributed by atoms with Crippen molar-refractivity contribution >= 4 is 17.7 Å². The van der Waals surface area contributed by atoms with E-state index in [9.17, 15) is 9.59 Å². The van der Waals surface area contributed by atoms with E-state index in [0.29, 0.717) is 5.25 Å². The van der Waals surface area contributed by atoms with E-state index in [-0.39, 0.29) is 22.9 Å². The molecule has 1 saturated carbocycles. The Hall–Kier alpha value is -1.23. The molecule has 98 valence electrons. The van der Waals surface area contributed by atoms with E-state index in [4.69, 9.17) is 0 Å². The maximum atomic E-state index is 12.1. The van der Waals surface area contributed by atoms with Gasteiger partial charge in [-0.25, -0.2) is 0 Å². The first-order valence-electron chi connectivity index (χ1n) is 6.15. The third-order valence-electron chi connectivity index (χ3n) is 3.37. The van der Waals surface area contributed by atoms with E-state index >= 15 is 0 Å². The summed E-state index contributed by atoms with van der Waals surface area (Å²) in [6, 6.07) is 1.64. The summed E-state index contributed by atoms with van der Waals surface area (Å²) in [5.41, 5.74) is 0.745. The zero-order valence-corrected chi connectivity index (χ0v) is 11.5. The van der Waals surface area contributed by atoms with E-state index in [0.717, 1.165) is 25.0 Å². The highest BCUT2D eigenvalue weighted by atomic mass is 32.2. The van der Waals surface area contributed by atoms with Crippen LogP contribution in [-0.2, 0) is 0 Å². The van der Waals surface area contributed by atoms with Gasteiger partial charge < -0.3 is 10.3 Å². The van der Waals surface area contributed by atoms with Crippen molar-refractivity contribution in [2.45, 2.75) is 37.5 Å². The average Bonchev–Trinajstić information content (AvgIpc) is 2.76. The zero-order valence-electron chi connectivity index (χ0n) is 10.7. The van der Waals surface area contributed by atoms with Gasteiger partial charge in [0.25, 0.3) is 5.91 Å². The normalized spacial score (nSPS) is 23.0. The largest absolute Gasteiger partial charge is 0.364 e. The molecule has 2 N–H and O–H groups in total. The number of rotatable bonds is 3. The lowest BCUT2D eigenvalue weighted by molar-refractivity contribution is 0.0937. The fourth-order valence-electron chi connectivity index (χ4n) is 2.37. The van der Waals surface area contributed by atoms with Crippen molar-refractivity contribution in [3.63, 3.8) is 0 Å². The summed E-state index contributed by atoms with van der Waals surface area (Å²) >= 11 is 1.78. The van der Waals surface area contributed by atoms with Crippen molar-refractivity contribution in [3.8, 4) is 0 Å². The van der Waals surface area contributed by atoms with Crippen molar-refractivity contribution in [3.05, 3.63) is 33.7 Å². The molecule has 1 aliphatic carbocycles. The van der Waals surface area contributed by atoms with E-state index in [1.54, 1.807) is 18.7 Å². The first-order valence-corrected chi connectivity index (χ1v) is 7.43. The molecule has 0 aliphatic heterocycles. The summed E-state index contributed by atoms with van der Waals surface area (Å²) in [6.07, 6.45) is 6.84. The van der Waals surface area contributed by atoms with Gasteiger partial charge in [-0.3, -0.25) is 9.59 Å². The molecule has 0 bridgehead atoms. The molecule has 0 saturated heterocycles. The molecule has 1 heterocycles. The standard InChI is InChI=1S/C13H18N2O2S/c1-8-6-11(16)9(7-14-8)13(17)15-10-4-3-5-12(10)18-2/h6-7,10,12H,3-5H2,1-2H3,(H,14,16)(H,15,17). The second-order valence-electron chi connectivity index (χ2n) is 4.68. The van der Waals surface area contributed by atoms with E-state index in [2.05, 4.69) is 16.6 Å². The summed E-state index contributed by atoms with van der Waals surface area (Å²) in [5, 5.41) is 3.45. The predicted octanol–water partition coefficient (Wildman–Crippen LogP) is 1.70. The van der Waals surface area contributed by atoms with Gasteiger partial charge in [0, 0.05) is 29.2 Å². The van der Waals surface area contributed by atoms with Crippen molar-refractivity contribution < 1.29 is 4.79 Å². The van der Waals surface area contributed by atoms with Crippen LogP contribution < -0.4 is 10.7 Å². The van der Waals surface area contributed by atoms with Crippen LogP contribution in [0.15, 0.2) is 17.1 Å². The number of aromatic nitrogens is 1. The summed E-state index contributed by atoms with van der Waals surface area (Å²) in [7, 11) is 0. The monoisotopic (exact) mass is 266 g/mol. The molecule has 1 aliphatic rings. The highest BCUT2D eigenvalue weighted by molar-refractivity contribution is 7.99. The van der Waals surface area contributed by atoms with Gasteiger partial charge in [-0.15, -0.1) is 0 Å². The average molecular weight is 266 g/mol. The van der Waals surface area contributed by atoms with E-state index in [1.807, 2.05) is 0 Å². The molecule has 0 aromatic carbocycles. The number of aryl methyl sites for hydroxylation is 1. The van der Waals surface area contributed by atoms with Gasteiger partial charge in [0.05, 0.1) is 0 Å². The van der Waals surface area contributed by atoms with Crippen LogP contribution in [0.5, 0.6) is 0 Å². The van der Waals surface area contributed by atoms with Crippen LogP contribution in [0.25, 0.3) is 0 Å². The Balaban J connectivity index is 2.10. The van der Waals surface area contributed by atoms with Crippen LogP contribution in [0.2, 0.25) is 0 Å². The highest BCUT2D eigenvalue weighted by Crippen LogP contribution is 2.28. The first kappa shape index (κ1) is 13.2.